The second-order valence-corrected chi connectivity index (χ2v) is 3.32. The summed E-state index contributed by atoms with van der Waals surface area (Å²) in [4.78, 5) is 8.06. The Kier molecular flexibility index (Phi) is 2.07. The lowest BCUT2D eigenvalue weighted by atomic mass is 10.5. The molecule has 0 saturated carbocycles. The summed E-state index contributed by atoms with van der Waals surface area (Å²) in [5.74, 6) is 1.23. The summed E-state index contributed by atoms with van der Waals surface area (Å²) in [6.45, 7) is 0.359. The standard InChI is InChI=1S/C8H8N8O/c9-5-1-12-16(2-5)3-6-13-8(15-17-6)7-10-4-11-14-7/h1-2,4H,3,9H2,(H,10,11,14). The molecule has 0 unspecified atom stereocenters. The number of aromatic amines is 1. The second-order valence-electron chi connectivity index (χ2n) is 3.32. The maximum Gasteiger partial charge on any atom is 0.248 e. The van der Waals surface area contributed by atoms with E-state index >= 15 is 0 Å². The average Bonchev–Trinajstić information content (AvgIpc) is 3.00. The highest BCUT2D eigenvalue weighted by atomic mass is 16.5. The van der Waals surface area contributed by atoms with Gasteiger partial charge in [0.15, 0.2) is 5.82 Å². The zero-order chi connectivity index (χ0) is 11.7. The average molecular weight is 232 g/mol. The largest absolute Gasteiger partial charge is 0.396 e. The van der Waals surface area contributed by atoms with Crippen molar-refractivity contribution in [3.63, 3.8) is 0 Å². The number of rotatable bonds is 3. The minimum Gasteiger partial charge on any atom is -0.396 e. The molecule has 0 fully saturated rings. The van der Waals surface area contributed by atoms with Crippen LogP contribution in [0.4, 0.5) is 5.69 Å². The predicted molar refractivity (Wildman–Crippen MR) is 55.4 cm³/mol. The molecule has 0 aliphatic carbocycles. The van der Waals surface area contributed by atoms with Crippen molar-refractivity contribution in [1.29, 1.82) is 0 Å². The number of aromatic nitrogens is 7. The number of hydrogen-bond acceptors (Lipinski definition) is 7. The van der Waals surface area contributed by atoms with E-state index in [0.29, 0.717) is 29.8 Å². The van der Waals surface area contributed by atoms with Crippen molar-refractivity contribution in [2.45, 2.75) is 6.54 Å². The molecule has 0 aliphatic heterocycles. The molecule has 17 heavy (non-hydrogen) atoms. The maximum absolute atomic E-state index is 5.54. The lowest BCUT2D eigenvalue weighted by Crippen LogP contribution is -2.00. The van der Waals surface area contributed by atoms with Crippen molar-refractivity contribution < 1.29 is 4.52 Å². The highest BCUT2D eigenvalue weighted by Gasteiger charge is 2.11. The molecule has 9 heteroatoms. The van der Waals surface area contributed by atoms with Gasteiger partial charge in [0.1, 0.15) is 12.9 Å². The van der Waals surface area contributed by atoms with Crippen molar-refractivity contribution in [2.75, 3.05) is 5.73 Å². The Morgan fingerprint density at radius 2 is 2.41 bits per heavy atom. The lowest BCUT2D eigenvalue weighted by Gasteiger charge is -1.93. The summed E-state index contributed by atoms with van der Waals surface area (Å²) >= 11 is 0. The van der Waals surface area contributed by atoms with Crippen molar-refractivity contribution >= 4 is 5.69 Å². The molecule has 86 valence electrons. The van der Waals surface area contributed by atoms with Crippen LogP contribution in [0.15, 0.2) is 23.2 Å². The van der Waals surface area contributed by atoms with Crippen LogP contribution in [0.2, 0.25) is 0 Å². The minimum atomic E-state index is 0.359. The molecule has 0 atom stereocenters. The smallest absolute Gasteiger partial charge is 0.248 e. The molecule has 3 N–H and O–H groups in total. The summed E-state index contributed by atoms with van der Waals surface area (Å²) in [6.07, 6.45) is 4.60. The number of nitrogen functional groups attached to an aromatic ring is 1. The Balaban J connectivity index is 1.81. The van der Waals surface area contributed by atoms with Gasteiger partial charge in [-0.1, -0.05) is 5.16 Å². The molecule has 0 aliphatic rings. The van der Waals surface area contributed by atoms with Crippen molar-refractivity contribution in [3.8, 4) is 11.6 Å². The van der Waals surface area contributed by atoms with Gasteiger partial charge in [0, 0.05) is 6.20 Å². The molecule has 3 aromatic heterocycles. The van der Waals surface area contributed by atoms with Gasteiger partial charge in [-0.2, -0.15) is 15.2 Å². The zero-order valence-corrected chi connectivity index (χ0v) is 8.61. The van der Waals surface area contributed by atoms with Crippen molar-refractivity contribution in [1.82, 2.24) is 35.1 Å². The zero-order valence-electron chi connectivity index (χ0n) is 8.61. The number of nitrogens with zero attached hydrogens (tertiary/aromatic N) is 6. The van der Waals surface area contributed by atoms with E-state index in [1.165, 1.54) is 6.33 Å². The highest BCUT2D eigenvalue weighted by molar-refractivity contribution is 5.39. The lowest BCUT2D eigenvalue weighted by molar-refractivity contribution is 0.366. The second kappa shape index (κ2) is 3.70. The summed E-state index contributed by atoms with van der Waals surface area (Å²) in [5.41, 5.74) is 6.12. The Morgan fingerprint density at radius 1 is 1.47 bits per heavy atom. The fraction of sp³-hybridized carbons (Fsp3) is 0.125. The van der Waals surface area contributed by atoms with Gasteiger partial charge < -0.3 is 10.3 Å². The Morgan fingerprint density at radius 3 is 3.12 bits per heavy atom. The molecule has 0 saturated heterocycles. The normalized spacial score (nSPS) is 10.8. The Labute approximate surface area is 94.7 Å². The van der Waals surface area contributed by atoms with Gasteiger partial charge in [-0.25, -0.2) is 4.98 Å². The monoisotopic (exact) mass is 232 g/mol. The highest BCUT2D eigenvalue weighted by Crippen LogP contribution is 2.09. The topological polar surface area (TPSA) is 124 Å². The van der Waals surface area contributed by atoms with E-state index in [2.05, 4.69) is 30.4 Å². The first-order valence-corrected chi connectivity index (χ1v) is 4.77. The van der Waals surface area contributed by atoms with Crippen LogP contribution >= 0.6 is 0 Å². The first-order chi connectivity index (χ1) is 8.31. The molecule has 0 radical (unpaired) electrons. The van der Waals surface area contributed by atoms with Gasteiger partial charge in [0.25, 0.3) is 0 Å². The first-order valence-electron chi connectivity index (χ1n) is 4.77. The summed E-state index contributed by atoms with van der Waals surface area (Å²) in [7, 11) is 0. The quantitative estimate of drug-likeness (QED) is 0.634. The molecule has 0 bridgehead atoms. The summed E-state index contributed by atoms with van der Waals surface area (Å²) < 4.78 is 6.66. The summed E-state index contributed by atoms with van der Waals surface area (Å²) in [5, 5.41) is 14.1. The number of hydrogen-bond donors (Lipinski definition) is 2. The molecule has 3 rings (SSSR count). The molecule has 0 spiro atoms. The number of nitrogens with two attached hydrogens (primary N) is 1. The number of nitrogens with one attached hydrogen (secondary N) is 1. The third-order valence-electron chi connectivity index (χ3n) is 2.05. The van der Waals surface area contributed by atoms with Gasteiger partial charge in [-0.3, -0.25) is 9.78 Å². The SMILES string of the molecule is Nc1cnn(Cc2nc(-c3ncn[nH]3)no2)c1. The maximum atomic E-state index is 5.54. The van der Waals surface area contributed by atoms with E-state index in [1.54, 1.807) is 17.1 Å². The van der Waals surface area contributed by atoms with Crippen LogP contribution in [0.1, 0.15) is 5.89 Å². The number of anilines is 1. The van der Waals surface area contributed by atoms with E-state index in [1.807, 2.05) is 0 Å². The molecule has 3 heterocycles. The fourth-order valence-corrected chi connectivity index (χ4v) is 1.33. The van der Waals surface area contributed by atoms with Crippen molar-refractivity contribution in [3.05, 3.63) is 24.6 Å². The number of H-pyrrole nitrogens is 1. The van der Waals surface area contributed by atoms with Crippen LogP contribution < -0.4 is 5.73 Å². The van der Waals surface area contributed by atoms with E-state index in [-0.39, 0.29) is 0 Å². The van der Waals surface area contributed by atoms with E-state index in [9.17, 15) is 0 Å². The first kappa shape index (κ1) is 9.51. The van der Waals surface area contributed by atoms with Crippen LogP contribution in [0.3, 0.4) is 0 Å². The van der Waals surface area contributed by atoms with Crippen LogP contribution in [0.5, 0.6) is 0 Å². The predicted octanol–water partition coefficient (Wildman–Crippen LogP) is -0.318. The molecule has 0 aromatic carbocycles. The van der Waals surface area contributed by atoms with Crippen LogP contribution in [-0.2, 0) is 6.54 Å². The van der Waals surface area contributed by atoms with Gasteiger partial charge in [-0.05, 0) is 0 Å². The van der Waals surface area contributed by atoms with Gasteiger partial charge in [0.05, 0.1) is 11.9 Å². The molecular weight excluding hydrogens is 224 g/mol. The molecular formula is C8H8N8O. The third kappa shape index (κ3) is 1.85. The Bertz CT molecular complexity index is 609. The van der Waals surface area contributed by atoms with Crippen LogP contribution in [-0.4, -0.2) is 35.1 Å². The minimum absolute atomic E-state index is 0.359. The van der Waals surface area contributed by atoms with E-state index in [0.717, 1.165) is 0 Å². The molecule has 9 nitrogen and oxygen atoms in total. The third-order valence-corrected chi connectivity index (χ3v) is 2.05. The van der Waals surface area contributed by atoms with E-state index < -0.39 is 0 Å². The molecule has 0 amide bonds. The van der Waals surface area contributed by atoms with Crippen LogP contribution in [0.25, 0.3) is 11.6 Å². The summed E-state index contributed by atoms with van der Waals surface area (Å²) in [6, 6.07) is 0. The van der Waals surface area contributed by atoms with Crippen LogP contribution in [0, 0.1) is 0 Å². The van der Waals surface area contributed by atoms with Gasteiger partial charge >= 0.3 is 0 Å². The fourth-order valence-electron chi connectivity index (χ4n) is 1.33. The van der Waals surface area contributed by atoms with E-state index in [4.69, 9.17) is 10.3 Å². The van der Waals surface area contributed by atoms with Gasteiger partial charge in [-0.15, -0.1) is 0 Å². The van der Waals surface area contributed by atoms with Crippen molar-refractivity contribution in [2.24, 2.45) is 0 Å². The molecule has 3 aromatic rings. The van der Waals surface area contributed by atoms with Gasteiger partial charge in [0.2, 0.25) is 11.7 Å². The Hall–Kier alpha value is -2.71.